The quantitative estimate of drug-likeness (QED) is 0.655. The van der Waals surface area contributed by atoms with Gasteiger partial charge in [-0.1, -0.05) is 26.0 Å². The fraction of sp³-hybridized carbons (Fsp3) is 0.222. The fourth-order valence-corrected chi connectivity index (χ4v) is 1.84. The van der Waals surface area contributed by atoms with E-state index in [1.807, 2.05) is 26.0 Å². The third-order valence-corrected chi connectivity index (χ3v) is 3.34. The van der Waals surface area contributed by atoms with Gasteiger partial charge in [0.25, 0.3) is 5.91 Å². The SMILES string of the molecule is C/C(=N/NC(=O)c1cccnc1)c1ccc(NC(=O)C(C)C)cc1. The van der Waals surface area contributed by atoms with E-state index in [1.54, 1.807) is 37.4 Å². The molecule has 0 saturated carbocycles. The van der Waals surface area contributed by atoms with E-state index in [0.717, 1.165) is 11.3 Å². The van der Waals surface area contributed by atoms with Crippen molar-refractivity contribution < 1.29 is 9.59 Å². The molecule has 2 rings (SSSR count). The van der Waals surface area contributed by atoms with Crippen LogP contribution in [0.25, 0.3) is 0 Å². The number of hydrogen-bond donors (Lipinski definition) is 2. The van der Waals surface area contributed by atoms with Gasteiger partial charge in [-0.3, -0.25) is 14.6 Å². The second-order valence-corrected chi connectivity index (χ2v) is 5.60. The van der Waals surface area contributed by atoms with E-state index < -0.39 is 0 Å². The Balaban J connectivity index is 2.00. The predicted octanol–water partition coefficient (Wildman–Crippen LogP) is 2.83. The maximum atomic E-state index is 11.9. The Bertz CT molecular complexity index is 737. The van der Waals surface area contributed by atoms with E-state index in [9.17, 15) is 9.59 Å². The number of carbonyl (C=O) groups excluding carboxylic acids is 2. The molecule has 0 unspecified atom stereocenters. The van der Waals surface area contributed by atoms with Crippen molar-refractivity contribution in [1.82, 2.24) is 10.4 Å². The molecule has 1 aromatic carbocycles. The third-order valence-electron chi connectivity index (χ3n) is 3.34. The number of aromatic nitrogens is 1. The number of nitrogens with one attached hydrogen (secondary N) is 2. The second-order valence-electron chi connectivity index (χ2n) is 5.60. The Morgan fingerprint density at radius 3 is 2.38 bits per heavy atom. The van der Waals surface area contributed by atoms with Crippen LogP contribution < -0.4 is 10.7 Å². The molecule has 0 aliphatic heterocycles. The highest BCUT2D eigenvalue weighted by Crippen LogP contribution is 2.11. The zero-order chi connectivity index (χ0) is 17.5. The average molecular weight is 324 g/mol. The molecule has 0 saturated heterocycles. The molecule has 1 aromatic heterocycles. The number of anilines is 1. The molecule has 2 amide bonds. The van der Waals surface area contributed by atoms with Crippen LogP contribution in [-0.2, 0) is 4.79 Å². The summed E-state index contributed by atoms with van der Waals surface area (Å²) in [7, 11) is 0. The van der Waals surface area contributed by atoms with Gasteiger partial charge in [0.2, 0.25) is 5.91 Å². The van der Waals surface area contributed by atoms with Gasteiger partial charge in [0.15, 0.2) is 0 Å². The van der Waals surface area contributed by atoms with Crippen LogP contribution in [0.1, 0.15) is 36.7 Å². The van der Waals surface area contributed by atoms with Crippen molar-refractivity contribution in [1.29, 1.82) is 0 Å². The lowest BCUT2D eigenvalue weighted by Gasteiger charge is -2.08. The molecule has 0 atom stereocenters. The second kappa shape index (κ2) is 8.01. The molecule has 6 nitrogen and oxygen atoms in total. The minimum absolute atomic E-state index is 0.0307. The van der Waals surface area contributed by atoms with E-state index in [0.29, 0.717) is 11.3 Å². The molecular formula is C18H20N4O2. The Labute approximate surface area is 141 Å². The molecule has 0 fully saturated rings. The molecule has 6 heteroatoms. The topological polar surface area (TPSA) is 83.4 Å². The van der Waals surface area contributed by atoms with Crippen LogP contribution in [0.15, 0.2) is 53.9 Å². The van der Waals surface area contributed by atoms with Crippen LogP contribution in [0.4, 0.5) is 5.69 Å². The van der Waals surface area contributed by atoms with Crippen LogP contribution in [0.5, 0.6) is 0 Å². The highest BCUT2D eigenvalue weighted by Gasteiger charge is 2.07. The zero-order valence-corrected chi connectivity index (χ0v) is 13.9. The number of rotatable bonds is 5. The van der Waals surface area contributed by atoms with Crippen LogP contribution in [0.2, 0.25) is 0 Å². The first-order valence-corrected chi connectivity index (χ1v) is 7.63. The first-order valence-electron chi connectivity index (χ1n) is 7.63. The number of benzene rings is 1. The Hall–Kier alpha value is -3.02. The molecule has 1 heterocycles. The van der Waals surface area contributed by atoms with Gasteiger partial charge in [0.05, 0.1) is 11.3 Å². The van der Waals surface area contributed by atoms with E-state index in [2.05, 4.69) is 20.8 Å². The van der Waals surface area contributed by atoms with Gasteiger partial charge in [-0.15, -0.1) is 0 Å². The van der Waals surface area contributed by atoms with Gasteiger partial charge < -0.3 is 5.32 Å². The van der Waals surface area contributed by atoms with Crippen molar-refractivity contribution in [3.8, 4) is 0 Å². The summed E-state index contributed by atoms with van der Waals surface area (Å²) in [6, 6.07) is 10.6. The number of nitrogens with zero attached hydrogens (tertiary/aromatic N) is 2. The van der Waals surface area contributed by atoms with Crippen LogP contribution >= 0.6 is 0 Å². The minimum atomic E-state index is -0.316. The van der Waals surface area contributed by atoms with Crippen LogP contribution in [0.3, 0.4) is 0 Å². The maximum absolute atomic E-state index is 11.9. The number of amides is 2. The smallest absolute Gasteiger partial charge is 0.272 e. The Morgan fingerprint density at radius 1 is 1.08 bits per heavy atom. The summed E-state index contributed by atoms with van der Waals surface area (Å²) >= 11 is 0. The van der Waals surface area contributed by atoms with Gasteiger partial charge in [-0.25, -0.2) is 5.43 Å². The monoisotopic (exact) mass is 324 g/mol. The van der Waals surface area contributed by atoms with Gasteiger partial charge >= 0.3 is 0 Å². The average Bonchev–Trinajstić information content (AvgIpc) is 2.60. The summed E-state index contributed by atoms with van der Waals surface area (Å²) in [5, 5.41) is 6.92. The summed E-state index contributed by atoms with van der Waals surface area (Å²) in [6.45, 7) is 5.47. The van der Waals surface area contributed by atoms with Gasteiger partial charge in [-0.05, 0) is 36.8 Å². The highest BCUT2D eigenvalue weighted by atomic mass is 16.2. The molecule has 0 spiro atoms. The number of carbonyl (C=O) groups is 2. The number of pyridine rings is 1. The maximum Gasteiger partial charge on any atom is 0.272 e. The summed E-state index contributed by atoms with van der Waals surface area (Å²) in [4.78, 5) is 27.5. The van der Waals surface area contributed by atoms with Gasteiger partial charge in [0.1, 0.15) is 0 Å². The van der Waals surface area contributed by atoms with E-state index in [-0.39, 0.29) is 17.7 Å². The minimum Gasteiger partial charge on any atom is -0.326 e. The van der Waals surface area contributed by atoms with Crippen molar-refractivity contribution in [3.63, 3.8) is 0 Å². The first-order chi connectivity index (χ1) is 11.5. The van der Waals surface area contributed by atoms with E-state index in [4.69, 9.17) is 0 Å². The van der Waals surface area contributed by atoms with Crippen molar-refractivity contribution in [3.05, 3.63) is 59.9 Å². The lowest BCUT2D eigenvalue weighted by Crippen LogP contribution is -2.19. The van der Waals surface area contributed by atoms with Crippen molar-refractivity contribution in [2.45, 2.75) is 20.8 Å². The number of hydrogen-bond acceptors (Lipinski definition) is 4. The Kier molecular flexibility index (Phi) is 5.78. The lowest BCUT2D eigenvalue weighted by molar-refractivity contribution is -0.118. The molecule has 2 aromatic rings. The molecule has 24 heavy (non-hydrogen) atoms. The largest absolute Gasteiger partial charge is 0.326 e. The highest BCUT2D eigenvalue weighted by molar-refractivity contribution is 6.01. The molecule has 0 bridgehead atoms. The summed E-state index contributed by atoms with van der Waals surface area (Å²) in [5.74, 6) is -0.421. The molecule has 124 valence electrons. The van der Waals surface area contributed by atoms with Crippen LogP contribution in [0, 0.1) is 5.92 Å². The van der Waals surface area contributed by atoms with Gasteiger partial charge in [-0.2, -0.15) is 5.10 Å². The molecular weight excluding hydrogens is 304 g/mol. The van der Waals surface area contributed by atoms with Crippen molar-refractivity contribution >= 4 is 23.2 Å². The predicted molar refractivity (Wildman–Crippen MR) is 93.8 cm³/mol. The first kappa shape index (κ1) is 17.3. The number of hydrazone groups is 1. The summed E-state index contributed by atoms with van der Waals surface area (Å²) < 4.78 is 0. The van der Waals surface area contributed by atoms with Crippen LogP contribution in [-0.4, -0.2) is 22.5 Å². The van der Waals surface area contributed by atoms with E-state index >= 15 is 0 Å². The normalized spacial score (nSPS) is 11.2. The zero-order valence-electron chi connectivity index (χ0n) is 13.9. The van der Waals surface area contributed by atoms with E-state index in [1.165, 1.54) is 6.20 Å². The Morgan fingerprint density at radius 2 is 1.79 bits per heavy atom. The lowest BCUT2D eigenvalue weighted by atomic mass is 10.1. The fourth-order valence-electron chi connectivity index (χ4n) is 1.84. The van der Waals surface area contributed by atoms with Gasteiger partial charge in [0, 0.05) is 24.0 Å². The third kappa shape index (κ3) is 4.74. The molecule has 0 aliphatic carbocycles. The van der Waals surface area contributed by atoms with Crippen molar-refractivity contribution in [2.75, 3.05) is 5.32 Å². The molecule has 0 radical (unpaired) electrons. The molecule has 2 N–H and O–H groups in total. The van der Waals surface area contributed by atoms with Crippen molar-refractivity contribution in [2.24, 2.45) is 11.0 Å². The summed E-state index contributed by atoms with van der Waals surface area (Å²) in [5.41, 5.74) is 5.18. The standard InChI is InChI=1S/C18H20N4O2/c1-12(2)17(23)20-16-8-6-14(7-9-16)13(3)21-22-18(24)15-5-4-10-19-11-15/h4-12H,1-3H3,(H,20,23)(H,22,24)/b21-13-. The summed E-state index contributed by atoms with van der Waals surface area (Å²) in [6.07, 6.45) is 3.08. The molecule has 0 aliphatic rings.